The van der Waals surface area contributed by atoms with Gasteiger partial charge in [0.15, 0.2) is 0 Å². The Balaban J connectivity index is 2.22. The van der Waals surface area contributed by atoms with E-state index in [1.165, 1.54) is 5.56 Å². The molecule has 1 aliphatic rings. The van der Waals surface area contributed by atoms with Crippen LogP contribution in [0, 0.1) is 0 Å². The summed E-state index contributed by atoms with van der Waals surface area (Å²) in [7, 11) is 0. The van der Waals surface area contributed by atoms with Gasteiger partial charge < -0.3 is 15.0 Å². The number of hydrogen-bond acceptors (Lipinski definition) is 5. The van der Waals surface area contributed by atoms with E-state index >= 15 is 0 Å². The third-order valence-electron chi connectivity index (χ3n) is 3.13. The van der Waals surface area contributed by atoms with Crippen molar-refractivity contribution in [3.63, 3.8) is 0 Å². The van der Waals surface area contributed by atoms with Crippen LogP contribution in [0.4, 0.5) is 11.6 Å². The van der Waals surface area contributed by atoms with Crippen LogP contribution in [0.15, 0.2) is 6.33 Å². The maximum atomic E-state index is 5.39. The van der Waals surface area contributed by atoms with Crippen molar-refractivity contribution in [1.82, 2.24) is 9.97 Å². The Labute approximate surface area is 109 Å². The largest absolute Gasteiger partial charge is 0.378 e. The Morgan fingerprint density at radius 2 is 2.06 bits per heavy atom. The SMILES string of the molecule is CCCNc1ncnc(N2CCOCC2)c1CC. The fourth-order valence-electron chi connectivity index (χ4n) is 2.17. The lowest BCUT2D eigenvalue weighted by Crippen LogP contribution is -2.37. The zero-order chi connectivity index (χ0) is 12.8. The number of nitrogens with one attached hydrogen (secondary N) is 1. The normalized spacial score (nSPS) is 15.8. The molecule has 0 aromatic carbocycles. The molecule has 0 radical (unpaired) electrons. The Bertz CT molecular complexity index is 377. The van der Waals surface area contributed by atoms with E-state index in [0.29, 0.717) is 0 Å². The zero-order valence-electron chi connectivity index (χ0n) is 11.3. The van der Waals surface area contributed by atoms with Crippen molar-refractivity contribution >= 4 is 11.6 Å². The van der Waals surface area contributed by atoms with Gasteiger partial charge in [0, 0.05) is 25.2 Å². The van der Waals surface area contributed by atoms with Crippen molar-refractivity contribution < 1.29 is 4.74 Å². The third-order valence-corrected chi connectivity index (χ3v) is 3.13. The van der Waals surface area contributed by atoms with E-state index in [2.05, 4.69) is 34.0 Å². The van der Waals surface area contributed by atoms with Gasteiger partial charge in [-0.05, 0) is 12.8 Å². The molecular weight excluding hydrogens is 228 g/mol. The van der Waals surface area contributed by atoms with E-state index in [1.54, 1.807) is 6.33 Å². The number of anilines is 2. The highest BCUT2D eigenvalue weighted by Crippen LogP contribution is 2.24. The first-order chi connectivity index (χ1) is 8.86. The lowest BCUT2D eigenvalue weighted by atomic mass is 10.2. The van der Waals surface area contributed by atoms with Gasteiger partial charge in [0.25, 0.3) is 0 Å². The van der Waals surface area contributed by atoms with E-state index in [1.807, 2.05) is 0 Å². The minimum absolute atomic E-state index is 0.783. The van der Waals surface area contributed by atoms with E-state index in [9.17, 15) is 0 Å². The molecule has 0 atom stereocenters. The van der Waals surface area contributed by atoms with Gasteiger partial charge in [-0.1, -0.05) is 13.8 Å². The minimum atomic E-state index is 0.783. The molecule has 5 nitrogen and oxygen atoms in total. The van der Waals surface area contributed by atoms with Crippen LogP contribution in [0.25, 0.3) is 0 Å². The second kappa shape index (κ2) is 6.54. The molecule has 1 aromatic heterocycles. The van der Waals surface area contributed by atoms with Gasteiger partial charge in [0.2, 0.25) is 0 Å². The molecule has 0 aliphatic carbocycles. The fourth-order valence-corrected chi connectivity index (χ4v) is 2.17. The summed E-state index contributed by atoms with van der Waals surface area (Å²) in [6, 6.07) is 0. The Morgan fingerprint density at radius 3 is 2.72 bits per heavy atom. The van der Waals surface area contributed by atoms with Gasteiger partial charge in [0.05, 0.1) is 13.2 Å². The van der Waals surface area contributed by atoms with E-state index in [-0.39, 0.29) is 0 Å². The quantitative estimate of drug-likeness (QED) is 0.862. The molecule has 1 aliphatic heterocycles. The highest BCUT2D eigenvalue weighted by molar-refractivity contribution is 5.58. The molecule has 1 N–H and O–H groups in total. The summed E-state index contributed by atoms with van der Waals surface area (Å²) in [4.78, 5) is 11.1. The first kappa shape index (κ1) is 13.1. The van der Waals surface area contributed by atoms with Crippen LogP contribution in [0.2, 0.25) is 0 Å². The molecule has 0 saturated carbocycles. The monoisotopic (exact) mass is 250 g/mol. The molecule has 5 heteroatoms. The van der Waals surface area contributed by atoms with Crippen LogP contribution < -0.4 is 10.2 Å². The molecule has 2 heterocycles. The first-order valence-electron chi connectivity index (χ1n) is 6.77. The summed E-state index contributed by atoms with van der Waals surface area (Å²) in [6.07, 6.45) is 3.70. The Hall–Kier alpha value is -1.36. The number of aromatic nitrogens is 2. The molecule has 1 saturated heterocycles. The van der Waals surface area contributed by atoms with Crippen molar-refractivity contribution in [3.05, 3.63) is 11.9 Å². The van der Waals surface area contributed by atoms with Crippen molar-refractivity contribution in [2.24, 2.45) is 0 Å². The molecule has 18 heavy (non-hydrogen) atoms. The van der Waals surface area contributed by atoms with Crippen LogP contribution in [0.3, 0.4) is 0 Å². The lowest BCUT2D eigenvalue weighted by molar-refractivity contribution is 0.122. The van der Waals surface area contributed by atoms with Gasteiger partial charge in [-0.3, -0.25) is 0 Å². The van der Waals surface area contributed by atoms with Crippen LogP contribution in [-0.4, -0.2) is 42.8 Å². The average Bonchev–Trinajstić information content (AvgIpc) is 2.45. The highest BCUT2D eigenvalue weighted by Gasteiger charge is 2.18. The van der Waals surface area contributed by atoms with Crippen molar-refractivity contribution in [3.8, 4) is 0 Å². The fraction of sp³-hybridized carbons (Fsp3) is 0.692. The zero-order valence-corrected chi connectivity index (χ0v) is 11.3. The van der Waals surface area contributed by atoms with E-state index < -0.39 is 0 Å². The number of ether oxygens (including phenoxy) is 1. The Kier molecular flexibility index (Phi) is 4.75. The first-order valence-corrected chi connectivity index (χ1v) is 6.77. The van der Waals surface area contributed by atoms with Crippen molar-refractivity contribution in [1.29, 1.82) is 0 Å². The van der Waals surface area contributed by atoms with Crippen LogP contribution in [0.1, 0.15) is 25.8 Å². The predicted molar refractivity (Wildman–Crippen MR) is 73.2 cm³/mol. The molecule has 0 bridgehead atoms. The minimum Gasteiger partial charge on any atom is -0.378 e. The van der Waals surface area contributed by atoms with Gasteiger partial charge >= 0.3 is 0 Å². The molecule has 1 fully saturated rings. The summed E-state index contributed by atoms with van der Waals surface area (Å²) in [6.45, 7) is 8.65. The number of morpholine rings is 1. The van der Waals surface area contributed by atoms with Crippen LogP contribution >= 0.6 is 0 Å². The maximum Gasteiger partial charge on any atom is 0.137 e. The van der Waals surface area contributed by atoms with Gasteiger partial charge in [-0.25, -0.2) is 9.97 Å². The van der Waals surface area contributed by atoms with Crippen molar-refractivity contribution in [2.75, 3.05) is 43.1 Å². The van der Waals surface area contributed by atoms with E-state index in [0.717, 1.165) is 57.3 Å². The number of hydrogen-bond donors (Lipinski definition) is 1. The second-order valence-corrected chi connectivity index (χ2v) is 4.40. The molecular formula is C13H22N4O. The second-order valence-electron chi connectivity index (χ2n) is 4.40. The number of rotatable bonds is 5. The topological polar surface area (TPSA) is 50.3 Å². The highest BCUT2D eigenvalue weighted by atomic mass is 16.5. The standard InChI is InChI=1S/C13H22N4O/c1-3-5-14-12-11(4-2)13(16-10-15-12)17-6-8-18-9-7-17/h10H,3-9H2,1-2H3,(H,14,15,16). The lowest BCUT2D eigenvalue weighted by Gasteiger charge is -2.29. The van der Waals surface area contributed by atoms with Crippen molar-refractivity contribution in [2.45, 2.75) is 26.7 Å². The summed E-state index contributed by atoms with van der Waals surface area (Å²) in [5.74, 6) is 2.05. The summed E-state index contributed by atoms with van der Waals surface area (Å²) < 4.78 is 5.39. The van der Waals surface area contributed by atoms with Crippen LogP contribution in [-0.2, 0) is 11.2 Å². The maximum absolute atomic E-state index is 5.39. The smallest absolute Gasteiger partial charge is 0.137 e. The summed E-state index contributed by atoms with van der Waals surface area (Å²) >= 11 is 0. The molecule has 0 unspecified atom stereocenters. The van der Waals surface area contributed by atoms with Gasteiger partial charge in [-0.15, -0.1) is 0 Å². The van der Waals surface area contributed by atoms with Gasteiger partial charge in [0.1, 0.15) is 18.0 Å². The summed E-state index contributed by atoms with van der Waals surface area (Å²) in [5.41, 5.74) is 1.22. The molecule has 100 valence electrons. The van der Waals surface area contributed by atoms with Crippen LogP contribution in [0.5, 0.6) is 0 Å². The molecule has 2 rings (SSSR count). The molecule has 1 aromatic rings. The average molecular weight is 250 g/mol. The summed E-state index contributed by atoms with van der Waals surface area (Å²) in [5, 5.41) is 3.38. The third kappa shape index (κ3) is 2.90. The predicted octanol–water partition coefficient (Wildman–Crippen LogP) is 1.70. The number of nitrogens with zero attached hydrogens (tertiary/aromatic N) is 3. The molecule has 0 amide bonds. The molecule has 0 spiro atoms. The Morgan fingerprint density at radius 1 is 1.28 bits per heavy atom. The van der Waals surface area contributed by atoms with E-state index in [4.69, 9.17) is 4.74 Å². The van der Waals surface area contributed by atoms with Gasteiger partial charge in [-0.2, -0.15) is 0 Å².